The molecule has 70 valence electrons. The first-order valence-corrected chi connectivity index (χ1v) is 4.46. The number of rotatable bonds is 2. The summed E-state index contributed by atoms with van der Waals surface area (Å²) in [4.78, 5) is 13.2. The molecule has 1 N–H and O–H groups in total. The first-order chi connectivity index (χ1) is 5.52. The molecule has 1 aliphatic rings. The molecule has 0 bridgehead atoms. The number of β-amino-alcohol motifs (C(OH)–C–C–N with tert-alkyl or cyclic N) is 1. The fourth-order valence-electron chi connectivity index (χ4n) is 1.81. The van der Waals surface area contributed by atoms with E-state index in [4.69, 9.17) is 0 Å². The van der Waals surface area contributed by atoms with E-state index in [9.17, 15) is 9.90 Å². The van der Waals surface area contributed by atoms with Gasteiger partial charge in [-0.3, -0.25) is 9.69 Å². The number of carbonyl (C=O) groups excluding carboxylic acids is 1. The minimum absolute atomic E-state index is 0.0556. The molecule has 0 amide bonds. The lowest BCUT2D eigenvalue weighted by molar-refractivity contribution is -0.121. The second kappa shape index (κ2) is 3.54. The maximum absolute atomic E-state index is 11.2. The molecular formula is C9H17NO2. The van der Waals surface area contributed by atoms with Crippen molar-refractivity contribution in [2.24, 2.45) is 0 Å². The Labute approximate surface area is 73.4 Å². The predicted molar refractivity (Wildman–Crippen MR) is 46.9 cm³/mol. The Morgan fingerprint density at radius 2 is 2.17 bits per heavy atom. The number of ketones is 1. The maximum atomic E-state index is 11.2. The van der Waals surface area contributed by atoms with Crippen LogP contribution in [0.2, 0.25) is 0 Å². The number of Topliss-reactive ketones (excluding diaryl/α,β-unsaturated/α-hetero) is 1. The van der Waals surface area contributed by atoms with Gasteiger partial charge in [0, 0.05) is 12.6 Å². The zero-order valence-electron chi connectivity index (χ0n) is 7.95. The SMILES string of the molecule is CC(=O)C1CC(O)CN1C(C)C. The van der Waals surface area contributed by atoms with Crippen LogP contribution < -0.4 is 0 Å². The van der Waals surface area contributed by atoms with E-state index in [2.05, 4.69) is 4.90 Å². The molecule has 1 saturated heterocycles. The van der Waals surface area contributed by atoms with Crippen molar-refractivity contribution >= 4 is 5.78 Å². The number of likely N-dealkylation sites (tertiary alicyclic amines) is 1. The standard InChI is InChI=1S/C9H17NO2/c1-6(2)10-5-8(12)4-9(10)7(3)11/h6,8-9,12H,4-5H2,1-3H3. The molecule has 12 heavy (non-hydrogen) atoms. The average molecular weight is 171 g/mol. The molecular weight excluding hydrogens is 154 g/mol. The monoisotopic (exact) mass is 171 g/mol. The van der Waals surface area contributed by atoms with Crippen LogP contribution in [-0.2, 0) is 4.79 Å². The molecule has 0 saturated carbocycles. The normalized spacial score (nSPS) is 31.4. The van der Waals surface area contributed by atoms with Crippen molar-refractivity contribution in [3.63, 3.8) is 0 Å². The summed E-state index contributed by atoms with van der Waals surface area (Å²) in [6.07, 6.45) is 0.286. The first-order valence-electron chi connectivity index (χ1n) is 4.46. The molecule has 2 atom stereocenters. The minimum atomic E-state index is -0.318. The second-order valence-electron chi connectivity index (χ2n) is 3.81. The smallest absolute Gasteiger partial charge is 0.147 e. The minimum Gasteiger partial charge on any atom is -0.392 e. The number of aliphatic hydroxyl groups excluding tert-OH is 1. The van der Waals surface area contributed by atoms with E-state index in [1.54, 1.807) is 6.92 Å². The molecule has 0 aromatic carbocycles. The molecule has 1 fully saturated rings. The van der Waals surface area contributed by atoms with Gasteiger partial charge in [-0.2, -0.15) is 0 Å². The number of hydrogen-bond acceptors (Lipinski definition) is 3. The van der Waals surface area contributed by atoms with Crippen LogP contribution in [0.15, 0.2) is 0 Å². The van der Waals surface area contributed by atoms with E-state index in [0.29, 0.717) is 19.0 Å². The Morgan fingerprint density at radius 3 is 2.50 bits per heavy atom. The number of nitrogens with zero attached hydrogens (tertiary/aromatic N) is 1. The van der Waals surface area contributed by atoms with Crippen LogP contribution in [0.25, 0.3) is 0 Å². The highest BCUT2D eigenvalue weighted by Crippen LogP contribution is 2.20. The van der Waals surface area contributed by atoms with Crippen LogP contribution in [0, 0.1) is 0 Å². The Kier molecular flexibility index (Phi) is 2.85. The van der Waals surface area contributed by atoms with Gasteiger partial charge in [-0.15, -0.1) is 0 Å². The van der Waals surface area contributed by atoms with Crippen molar-refractivity contribution in [1.29, 1.82) is 0 Å². The summed E-state index contributed by atoms with van der Waals surface area (Å²) >= 11 is 0. The van der Waals surface area contributed by atoms with Crippen LogP contribution >= 0.6 is 0 Å². The Balaban J connectivity index is 2.65. The van der Waals surface area contributed by atoms with E-state index in [-0.39, 0.29) is 17.9 Å². The van der Waals surface area contributed by atoms with Crippen molar-refractivity contribution in [2.75, 3.05) is 6.54 Å². The van der Waals surface area contributed by atoms with Crippen molar-refractivity contribution in [3.8, 4) is 0 Å². The number of hydrogen-bond donors (Lipinski definition) is 1. The summed E-state index contributed by atoms with van der Waals surface area (Å²) in [5.74, 6) is 0.167. The van der Waals surface area contributed by atoms with Crippen LogP contribution in [0.1, 0.15) is 27.2 Å². The summed E-state index contributed by atoms with van der Waals surface area (Å²) in [5, 5.41) is 9.37. The lowest BCUT2D eigenvalue weighted by atomic mass is 10.1. The van der Waals surface area contributed by atoms with Crippen LogP contribution in [-0.4, -0.2) is 40.5 Å². The third-order valence-electron chi connectivity index (χ3n) is 2.45. The number of carbonyl (C=O) groups is 1. The van der Waals surface area contributed by atoms with Gasteiger partial charge in [-0.1, -0.05) is 0 Å². The van der Waals surface area contributed by atoms with Crippen LogP contribution in [0.5, 0.6) is 0 Å². The molecule has 0 aliphatic carbocycles. The molecule has 3 nitrogen and oxygen atoms in total. The van der Waals surface area contributed by atoms with E-state index < -0.39 is 0 Å². The highest BCUT2D eigenvalue weighted by Gasteiger charge is 2.34. The molecule has 1 aliphatic heterocycles. The fourth-order valence-corrected chi connectivity index (χ4v) is 1.81. The summed E-state index contributed by atoms with van der Waals surface area (Å²) in [6.45, 7) is 6.34. The van der Waals surface area contributed by atoms with Gasteiger partial charge in [0.1, 0.15) is 5.78 Å². The number of aliphatic hydroxyl groups is 1. The summed E-state index contributed by atoms with van der Waals surface area (Å²) < 4.78 is 0. The zero-order valence-corrected chi connectivity index (χ0v) is 7.95. The third kappa shape index (κ3) is 1.84. The second-order valence-corrected chi connectivity index (χ2v) is 3.81. The Hall–Kier alpha value is -0.410. The molecule has 3 heteroatoms. The van der Waals surface area contributed by atoms with Crippen molar-refractivity contribution in [1.82, 2.24) is 4.90 Å². The van der Waals surface area contributed by atoms with E-state index >= 15 is 0 Å². The highest BCUT2D eigenvalue weighted by molar-refractivity contribution is 5.81. The molecule has 0 spiro atoms. The van der Waals surface area contributed by atoms with Gasteiger partial charge in [0.25, 0.3) is 0 Å². The van der Waals surface area contributed by atoms with Gasteiger partial charge in [0.15, 0.2) is 0 Å². The average Bonchev–Trinajstić information content (AvgIpc) is 2.31. The Morgan fingerprint density at radius 1 is 1.58 bits per heavy atom. The summed E-state index contributed by atoms with van der Waals surface area (Å²) in [5.41, 5.74) is 0. The quantitative estimate of drug-likeness (QED) is 0.654. The first kappa shape index (κ1) is 9.68. The zero-order chi connectivity index (χ0) is 9.30. The lowest BCUT2D eigenvalue weighted by Gasteiger charge is -2.25. The van der Waals surface area contributed by atoms with Gasteiger partial charge < -0.3 is 5.11 Å². The Bertz CT molecular complexity index is 179. The van der Waals surface area contributed by atoms with E-state index in [1.807, 2.05) is 13.8 Å². The van der Waals surface area contributed by atoms with E-state index in [0.717, 1.165) is 0 Å². The predicted octanol–water partition coefficient (Wildman–Crippen LogP) is 0.419. The molecule has 1 rings (SSSR count). The highest BCUT2D eigenvalue weighted by atomic mass is 16.3. The fraction of sp³-hybridized carbons (Fsp3) is 0.889. The molecule has 1 heterocycles. The summed E-state index contributed by atoms with van der Waals surface area (Å²) in [7, 11) is 0. The summed E-state index contributed by atoms with van der Waals surface area (Å²) in [6, 6.07) is 0.288. The van der Waals surface area contributed by atoms with Crippen molar-refractivity contribution in [2.45, 2.75) is 45.4 Å². The van der Waals surface area contributed by atoms with Gasteiger partial charge in [0.2, 0.25) is 0 Å². The van der Waals surface area contributed by atoms with E-state index in [1.165, 1.54) is 0 Å². The molecule has 2 unspecified atom stereocenters. The molecule has 0 aromatic heterocycles. The third-order valence-corrected chi connectivity index (χ3v) is 2.45. The van der Waals surface area contributed by atoms with Gasteiger partial charge in [-0.25, -0.2) is 0 Å². The van der Waals surface area contributed by atoms with Crippen LogP contribution in [0.4, 0.5) is 0 Å². The van der Waals surface area contributed by atoms with Crippen molar-refractivity contribution < 1.29 is 9.90 Å². The van der Waals surface area contributed by atoms with Gasteiger partial charge in [-0.05, 0) is 27.2 Å². The van der Waals surface area contributed by atoms with Crippen molar-refractivity contribution in [3.05, 3.63) is 0 Å². The molecule has 0 aromatic rings. The lowest BCUT2D eigenvalue weighted by Crippen LogP contribution is -2.39. The largest absolute Gasteiger partial charge is 0.392 e. The topological polar surface area (TPSA) is 40.5 Å². The van der Waals surface area contributed by atoms with Crippen LogP contribution in [0.3, 0.4) is 0 Å². The van der Waals surface area contributed by atoms with Gasteiger partial charge in [0.05, 0.1) is 12.1 Å². The molecule has 0 radical (unpaired) electrons. The van der Waals surface area contributed by atoms with Gasteiger partial charge >= 0.3 is 0 Å². The maximum Gasteiger partial charge on any atom is 0.147 e.